The number of hydrogen-bond donors (Lipinski definition) is 0. The Morgan fingerprint density at radius 1 is 1.07 bits per heavy atom. The quantitative estimate of drug-likeness (QED) is 0.353. The van der Waals surface area contributed by atoms with Crippen LogP contribution in [0, 0.1) is 16.7 Å². The van der Waals surface area contributed by atoms with E-state index in [0.717, 1.165) is 5.57 Å². The number of hydrogen-bond acceptors (Lipinski definition) is 5. The molecule has 0 spiro atoms. The zero-order valence-corrected chi connectivity index (χ0v) is 20.8. The van der Waals surface area contributed by atoms with Gasteiger partial charge in [0, 0.05) is 5.92 Å². The fourth-order valence-electron chi connectivity index (χ4n) is 4.18. The van der Waals surface area contributed by atoms with Crippen molar-refractivity contribution >= 4 is 20.3 Å². The molecule has 2 rings (SSSR count). The summed E-state index contributed by atoms with van der Waals surface area (Å²) in [6.07, 6.45) is 2.67. The van der Waals surface area contributed by atoms with Gasteiger partial charge in [-0.05, 0) is 53.1 Å². The van der Waals surface area contributed by atoms with Crippen LogP contribution in [-0.4, -0.2) is 41.1 Å². The Hall–Kier alpha value is -1.40. The molecule has 5 nitrogen and oxygen atoms in total. The maximum absolute atomic E-state index is 12.6. The molecule has 0 aromatic rings. The van der Waals surface area contributed by atoms with E-state index in [2.05, 4.69) is 54.6 Å². The number of carbonyl (C=O) groups excluding carboxylic acids is 2. The molecular formula is C23H38O5Si. The van der Waals surface area contributed by atoms with Crippen LogP contribution in [0.25, 0.3) is 0 Å². The van der Waals surface area contributed by atoms with Crippen LogP contribution in [0.5, 0.6) is 0 Å². The van der Waals surface area contributed by atoms with Gasteiger partial charge < -0.3 is 13.9 Å². The molecule has 0 radical (unpaired) electrons. The summed E-state index contributed by atoms with van der Waals surface area (Å²) in [5, 5.41) is 0.117. The fourth-order valence-corrected chi connectivity index (χ4v) is 5.13. The predicted octanol–water partition coefficient (Wildman–Crippen LogP) is 5.03. The molecule has 0 saturated heterocycles. The van der Waals surface area contributed by atoms with Crippen molar-refractivity contribution in [1.82, 2.24) is 0 Å². The lowest BCUT2D eigenvalue weighted by atomic mass is 9.55. The van der Waals surface area contributed by atoms with Crippen LogP contribution < -0.4 is 0 Å². The first-order valence-electron chi connectivity index (χ1n) is 10.4. The van der Waals surface area contributed by atoms with Gasteiger partial charge in [0.15, 0.2) is 13.7 Å². The molecule has 0 bridgehead atoms. The topological polar surface area (TPSA) is 61.8 Å². The Labute approximate surface area is 177 Å². The Morgan fingerprint density at radius 2 is 1.59 bits per heavy atom. The minimum atomic E-state index is -1.93. The molecule has 0 saturated carbocycles. The van der Waals surface area contributed by atoms with Crippen molar-refractivity contribution in [1.29, 1.82) is 0 Å². The summed E-state index contributed by atoms with van der Waals surface area (Å²) < 4.78 is 16.5. The van der Waals surface area contributed by atoms with Gasteiger partial charge in [0.25, 0.3) is 0 Å². The second kappa shape index (κ2) is 7.69. The van der Waals surface area contributed by atoms with Crippen molar-refractivity contribution in [3.05, 3.63) is 22.8 Å². The van der Waals surface area contributed by atoms with E-state index in [1.807, 2.05) is 6.08 Å². The molecule has 0 aromatic heterocycles. The van der Waals surface area contributed by atoms with Crippen LogP contribution in [-0.2, 0) is 23.5 Å². The maximum atomic E-state index is 12.6. The van der Waals surface area contributed by atoms with Crippen molar-refractivity contribution in [2.45, 2.75) is 72.5 Å². The third-order valence-electron chi connectivity index (χ3n) is 6.96. The molecule has 0 N–H and O–H groups in total. The van der Waals surface area contributed by atoms with Crippen LogP contribution >= 0.6 is 0 Å². The van der Waals surface area contributed by atoms with Crippen LogP contribution in [0.15, 0.2) is 22.8 Å². The molecule has 0 aliphatic heterocycles. The highest BCUT2D eigenvalue weighted by Crippen LogP contribution is 2.57. The molecule has 1 unspecified atom stereocenters. The van der Waals surface area contributed by atoms with E-state index in [1.165, 1.54) is 25.4 Å². The van der Waals surface area contributed by atoms with Gasteiger partial charge in [-0.1, -0.05) is 47.6 Å². The third kappa shape index (κ3) is 4.11. The summed E-state index contributed by atoms with van der Waals surface area (Å²) in [6.45, 7) is 18.4. The SMILES string of the molecule is COC(=O)C1(C(=O)OC)CC=C2C(=C(CO[Si](C)(C)C(C)(C)C)C2C(C)(C)C)C1. The summed E-state index contributed by atoms with van der Waals surface area (Å²) in [6, 6.07) is 0. The van der Waals surface area contributed by atoms with Gasteiger partial charge in [0.1, 0.15) is 0 Å². The van der Waals surface area contributed by atoms with Crippen LogP contribution in [0.2, 0.25) is 18.1 Å². The Bertz CT molecular complexity index is 730. The summed E-state index contributed by atoms with van der Waals surface area (Å²) in [5.41, 5.74) is 2.27. The van der Waals surface area contributed by atoms with E-state index in [-0.39, 0.29) is 16.4 Å². The van der Waals surface area contributed by atoms with Gasteiger partial charge in [0.05, 0.1) is 20.8 Å². The van der Waals surface area contributed by atoms with Gasteiger partial charge in [0.2, 0.25) is 0 Å². The highest BCUT2D eigenvalue weighted by atomic mass is 28.4. The molecule has 0 heterocycles. The lowest BCUT2D eigenvalue weighted by Crippen LogP contribution is -2.48. The average Bonchev–Trinajstić information content (AvgIpc) is 2.58. The molecule has 2 aliphatic rings. The monoisotopic (exact) mass is 422 g/mol. The second-order valence-corrected chi connectivity index (χ2v) is 15.8. The Morgan fingerprint density at radius 3 is 2.00 bits per heavy atom. The smallest absolute Gasteiger partial charge is 0.323 e. The van der Waals surface area contributed by atoms with E-state index in [0.29, 0.717) is 19.4 Å². The van der Waals surface area contributed by atoms with Crippen molar-refractivity contribution in [2.75, 3.05) is 20.8 Å². The Kier molecular flexibility index (Phi) is 6.33. The van der Waals surface area contributed by atoms with E-state index in [1.54, 1.807) is 0 Å². The number of allylic oxidation sites excluding steroid dienone is 3. The predicted molar refractivity (Wildman–Crippen MR) is 117 cm³/mol. The first kappa shape index (κ1) is 23.9. The van der Waals surface area contributed by atoms with Gasteiger partial charge >= 0.3 is 11.9 Å². The number of rotatable bonds is 5. The van der Waals surface area contributed by atoms with Gasteiger partial charge in [-0.2, -0.15) is 0 Å². The number of ether oxygens (including phenoxy) is 2. The fraction of sp³-hybridized carbons (Fsp3) is 0.739. The van der Waals surface area contributed by atoms with Crippen molar-refractivity contribution in [3.8, 4) is 0 Å². The summed E-state index contributed by atoms with van der Waals surface area (Å²) in [5.74, 6) is -0.789. The normalized spacial score (nSPS) is 21.7. The van der Waals surface area contributed by atoms with Crippen LogP contribution in [0.3, 0.4) is 0 Å². The molecule has 2 aliphatic carbocycles. The minimum absolute atomic E-state index is 0.0397. The number of carbonyl (C=O) groups is 2. The molecule has 6 heteroatoms. The lowest BCUT2D eigenvalue weighted by Gasteiger charge is -2.50. The highest BCUT2D eigenvalue weighted by molar-refractivity contribution is 6.74. The lowest BCUT2D eigenvalue weighted by molar-refractivity contribution is -0.169. The van der Waals surface area contributed by atoms with Crippen molar-refractivity contribution in [2.24, 2.45) is 16.7 Å². The molecule has 29 heavy (non-hydrogen) atoms. The summed E-state index contributed by atoms with van der Waals surface area (Å²) in [7, 11) is 0.715. The third-order valence-corrected chi connectivity index (χ3v) is 11.4. The molecule has 0 fully saturated rings. The molecule has 164 valence electrons. The number of esters is 2. The first-order chi connectivity index (χ1) is 13.1. The van der Waals surface area contributed by atoms with Crippen LogP contribution in [0.4, 0.5) is 0 Å². The summed E-state index contributed by atoms with van der Waals surface area (Å²) in [4.78, 5) is 25.2. The first-order valence-corrected chi connectivity index (χ1v) is 13.3. The minimum Gasteiger partial charge on any atom is -0.468 e. The van der Waals surface area contributed by atoms with Crippen LogP contribution in [0.1, 0.15) is 54.4 Å². The Balaban J connectivity index is 2.45. The van der Waals surface area contributed by atoms with E-state index in [4.69, 9.17) is 13.9 Å². The molecular weight excluding hydrogens is 384 g/mol. The zero-order chi connectivity index (χ0) is 22.4. The summed E-state index contributed by atoms with van der Waals surface area (Å²) >= 11 is 0. The molecule has 0 amide bonds. The molecule has 1 atom stereocenters. The van der Waals surface area contributed by atoms with Gasteiger partial charge in [-0.15, -0.1) is 0 Å². The average molecular weight is 423 g/mol. The number of fused-ring (bicyclic) bond motifs is 1. The van der Waals surface area contributed by atoms with E-state index in [9.17, 15) is 9.59 Å². The largest absolute Gasteiger partial charge is 0.468 e. The molecule has 0 aromatic carbocycles. The van der Waals surface area contributed by atoms with Crippen molar-refractivity contribution in [3.63, 3.8) is 0 Å². The van der Waals surface area contributed by atoms with Gasteiger partial charge in [-0.25, -0.2) is 0 Å². The van der Waals surface area contributed by atoms with Crippen molar-refractivity contribution < 1.29 is 23.5 Å². The highest BCUT2D eigenvalue weighted by Gasteiger charge is 2.55. The zero-order valence-electron chi connectivity index (χ0n) is 19.8. The standard InChI is InChI=1S/C23H38O5Si/c1-21(2,3)18-15-11-12-23(19(24)26-7,20(25)27-8)13-16(15)17(18)14-28-29(9,10)22(4,5)6/h11,18H,12-14H2,1-10H3. The second-order valence-electron chi connectivity index (χ2n) is 11.0. The van der Waals surface area contributed by atoms with E-state index < -0.39 is 25.7 Å². The van der Waals surface area contributed by atoms with E-state index >= 15 is 0 Å². The number of methoxy groups -OCH3 is 2. The van der Waals surface area contributed by atoms with Gasteiger partial charge in [-0.3, -0.25) is 9.59 Å². The maximum Gasteiger partial charge on any atom is 0.323 e.